The lowest BCUT2D eigenvalue weighted by atomic mass is 10.2. The van der Waals surface area contributed by atoms with E-state index in [1.54, 1.807) is 6.07 Å². The van der Waals surface area contributed by atoms with Gasteiger partial charge >= 0.3 is 0 Å². The maximum Gasteiger partial charge on any atom is 0.256 e. The van der Waals surface area contributed by atoms with E-state index in [9.17, 15) is 4.79 Å². The smallest absolute Gasteiger partial charge is 0.256 e. The summed E-state index contributed by atoms with van der Waals surface area (Å²) >= 11 is 9.65. The molecular formula is C19H17BrClN3O. The predicted octanol–water partition coefficient (Wildman–Crippen LogP) is 5.22. The number of aromatic nitrogens is 2. The zero-order valence-electron chi connectivity index (χ0n) is 13.9. The molecule has 0 spiro atoms. The van der Waals surface area contributed by atoms with Gasteiger partial charge in [0, 0.05) is 9.50 Å². The van der Waals surface area contributed by atoms with E-state index in [1.165, 1.54) is 0 Å². The molecule has 25 heavy (non-hydrogen) atoms. The molecule has 0 radical (unpaired) electrons. The van der Waals surface area contributed by atoms with Crippen LogP contribution in [0.5, 0.6) is 0 Å². The molecular weight excluding hydrogens is 402 g/mol. The molecule has 0 aliphatic rings. The number of hydrogen-bond donors (Lipinski definition) is 1. The number of carbonyl (C=O) groups is 1. The lowest BCUT2D eigenvalue weighted by Gasteiger charge is -2.09. The van der Waals surface area contributed by atoms with Crippen molar-refractivity contribution in [1.82, 2.24) is 9.78 Å². The molecule has 0 saturated carbocycles. The summed E-state index contributed by atoms with van der Waals surface area (Å²) in [6.45, 7) is 4.37. The summed E-state index contributed by atoms with van der Waals surface area (Å²) < 4.78 is 2.61. The highest BCUT2D eigenvalue weighted by molar-refractivity contribution is 9.10. The molecule has 0 atom stereocenters. The van der Waals surface area contributed by atoms with Crippen LogP contribution in [0.4, 0.5) is 5.69 Å². The Hall–Kier alpha value is -2.11. The van der Waals surface area contributed by atoms with Gasteiger partial charge in [-0.3, -0.25) is 9.48 Å². The first-order chi connectivity index (χ1) is 12.0. The first-order valence-corrected chi connectivity index (χ1v) is 8.97. The molecule has 1 heterocycles. The van der Waals surface area contributed by atoms with Gasteiger partial charge in [-0.2, -0.15) is 5.10 Å². The van der Waals surface area contributed by atoms with Crippen LogP contribution in [0.3, 0.4) is 0 Å². The van der Waals surface area contributed by atoms with Crippen molar-refractivity contribution in [3.8, 4) is 0 Å². The number of aryl methyl sites for hydroxylation is 1. The summed E-state index contributed by atoms with van der Waals surface area (Å²) in [7, 11) is 0. The second-order valence-electron chi connectivity index (χ2n) is 5.73. The summed E-state index contributed by atoms with van der Waals surface area (Å²) in [5.41, 5.74) is 3.95. The number of carbonyl (C=O) groups excluding carboxylic acids is 1. The standard InChI is InChI=1S/C19H17BrClN3O/c1-12-18(22-19(25)15-8-4-5-9-16(15)20)13(2)24(23-12)11-14-7-3-6-10-17(14)21/h3-10H,11H2,1-2H3,(H,22,25). The molecule has 0 aliphatic heterocycles. The lowest BCUT2D eigenvalue weighted by Crippen LogP contribution is -2.14. The summed E-state index contributed by atoms with van der Waals surface area (Å²) in [5.74, 6) is -0.170. The minimum absolute atomic E-state index is 0.170. The number of benzene rings is 2. The molecule has 0 unspecified atom stereocenters. The van der Waals surface area contributed by atoms with E-state index < -0.39 is 0 Å². The summed E-state index contributed by atoms with van der Waals surface area (Å²) in [6, 6.07) is 15.0. The highest BCUT2D eigenvalue weighted by atomic mass is 79.9. The first kappa shape index (κ1) is 17.7. The minimum atomic E-state index is -0.170. The summed E-state index contributed by atoms with van der Waals surface area (Å²) in [6.07, 6.45) is 0. The third-order valence-electron chi connectivity index (χ3n) is 4.02. The van der Waals surface area contributed by atoms with Crippen molar-refractivity contribution in [1.29, 1.82) is 0 Å². The maximum absolute atomic E-state index is 12.6. The molecule has 3 aromatic rings. The molecule has 3 rings (SSSR count). The number of rotatable bonds is 4. The van der Waals surface area contributed by atoms with Crippen LogP contribution in [-0.2, 0) is 6.54 Å². The van der Waals surface area contributed by atoms with Gasteiger partial charge < -0.3 is 5.32 Å². The number of halogens is 2. The van der Waals surface area contributed by atoms with E-state index in [-0.39, 0.29) is 5.91 Å². The fourth-order valence-corrected chi connectivity index (χ4v) is 3.31. The SMILES string of the molecule is Cc1nn(Cc2ccccc2Cl)c(C)c1NC(=O)c1ccccc1Br. The van der Waals surface area contributed by atoms with E-state index in [4.69, 9.17) is 11.6 Å². The van der Waals surface area contributed by atoms with Gasteiger partial charge in [-0.15, -0.1) is 0 Å². The largest absolute Gasteiger partial charge is 0.319 e. The second kappa shape index (κ2) is 7.42. The van der Waals surface area contributed by atoms with E-state index in [0.717, 1.165) is 27.1 Å². The second-order valence-corrected chi connectivity index (χ2v) is 6.99. The predicted molar refractivity (Wildman–Crippen MR) is 104 cm³/mol. The summed E-state index contributed by atoms with van der Waals surface area (Å²) in [4.78, 5) is 12.6. The van der Waals surface area contributed by atoms with Crippen LogP contribution in [0.1, 0.15) is 27.3 Å². The molecule has 0 fully saturated rings. The highest BCUT2D eigenvalue weighted by Gasteiger charge is 2.17. The van der Waals surface area contributed by atoms with E-state index in [0.29, 0.717) is 17.1 Å². The van der Waals surface area contributed by atoms with Gasteiger partial charge in [-0.25, -0.2) is 0 Å². The quantitative estimate of drug-likeness (QED) is 0.631. The van der Waals surface area contributed by atoms with E-state index in [2.05, 4.69) is 26.3 Å². The Morgan fingerprint density at radius 3 is 2.56 bits per heavy atom. The fourth-order valence-electron chi connectivity index (χ4n) is 2.65. The monoisotopic (exact) mass is 417 g/mol. The molecule has 128 valence electrons. The van der Waals surface area contributed by atoms with E-state index >= 15 is 0 Å². The van der Waals surface area contributed by atoms with Crippen LogP contribution in [0.15, 0.2) is 53.0 Å². The first-order valence-electron chi connectivity index (χ1n) is 7.80. The molecule has 1 aromatic heterocycles. The number of nitrogens with zero attached hydrogens (tertiary/aromatic N) is 2. The van der Waals surface area contributed by atoms with Crippen molar-refractivity contribution >= 4 is 39.1 Å². The number of hydrogen-bond acceptors (Lipinski definition) is 2. The Bertz CT molecular complexity index is 936. The number of nitrogens with one attached hydrogen (secondary N) is 1. The van der Waals surface area contributed by atoms with Gasteiger partial charge in [0.1, 0.15) is 0 Å². The van der Waals surface area contributed by atoms with Crippen molar-refractivity contribution in [3.05, 3.63) is 80.5 Å². The average molecular weight is 419 g/mol. The maximum atomic E-state index is 12.6. The zero-order chi connectivity index (χ0) is 18.0. The average Bonchev–Trinajstić information content (AvgIpc) is 2.85. The molecule has 4 nitrogen and oxygen atoms in total. The van der Waals surface area contributed by atoms with Gasteiger partial charge in [0.15, 0.2) is 0 Å². The summed E-state index contributed by atoms with van der Waals surface area (Å²) in [5, 5.41) is 8.22. The van der Waals surface area contributed by atoms with E-state index in [1.807, 2.05) is 61.0 Å². The van der Waals surface area contributed by atoms with Crippen molar-refractivity contribution in [2.75, 3.05) is 5.32 Å². The van der Waals surface area contributed by atoms with Gasteiger partial charge in [-0.05, 0) is 53.5 Å². The van der Waals surface area contributed by atoms with Crippen molar-refractivity contribution in [2.45, 2.75) is 20.4 Å². The van der Waals surface area contributed by atoms with Crippen LogP contribution in [0.2, 0.25) is 5.02 Å². The Labute approximate surface area is 159 Å². The van der Waals surface area contributed by atoms with Crippen molar-refractivity contribution in [2.24, 2.45) is 0 Å². The Morgan fingerprint density at radius 2 is 1.84 bits per heavy atom. The van der Waals surface area contributed by atoms with Gasteiger partial charge in [0.05, 0.1) is 29.2 Å². The third kappa shape index (κ3) is 3.78. The highest BCUT2D eigenvalue weighted by Crippen LogP contribution is 2.24. The molecule has 1 amide bonds. The lowest BCUT2D eigenvalue weighted by molar-refractivity contribution is 0.102. The van der Waals surface area contributed by atoms with Crippen LogP contribution < -0.4 is 5.32 Å². The topological polar surface area (TPSA) is 46.9 Å². The van der Waals surface area contributed by atoms with Crippen LogP contribution >= 0.6 is 27.5 Å². The number of amides is 1. The Kier molecular flexibility index (Phi) is 5.25. The molecule has 0 saturated heterocycles. The molecule has 2 aromatic carbocycles. The van der Waals surface area contributed by atoms with Crippen molar-refractivity contribution in [3.63, 3.8) is 0 Å². The normalized spacial score (nSPS) is 10.7. The Morgan fingerprint density at radius 1 is 1.16 bits per heavy atom. The molecule has 6 heteroatoms. The number of anilines is 1. The molecule has 1 N–H and O–H groups in total. The molecule has 0 aliphatic carbocycles. The zero-order valence-corrected chi connectivity index (χ0v) is 16.2. The third-order valence-corrected chi connectivity index (χ3v) is 5.08. The minimum Gasteiger partial charge on any atom is -0.319 e. The van der Waals surface area contributed by atoms with Crippen LogP contribution in [0.25, 0.3) is 0 Å². The molecule has 0 bridgehead atoms. The Balaban J connectivity index is 1.86. The van der Waals surface area contributed by atoms with Gasteiger partial charge in [-0.1, -0.05) is 41.9 Å². The fraction of sp³-hybridized carbons (Fsp3) is 0.158. The van der Waals surface area contributed by atoms with Crippen LogP contribution in [0, 0.1) is 13.8 Å². The van der Waals surface area contributed by atoms with Crippen LogP contribution in [-0.4, -0.2) is 15.7 Å². The van der Waals surface area contributed by atoms with Gasteiger partial charge in [0.2, 0.25) is 0 Å². The van der Waals surface area contributed by atoms with Gasteiger partial charge in [0.25, 0.3) is 5.91 Å². The van der Waals surface area contributed by atoms with Crippen molar-refractivity contribution < 1.29 is 4.79 Å².